The molecule has 0 heterocycles. The van der Waals surface area contributed by atoms with Crippen LogP contribution in [0.15, 0.2) is 18.2 Å². The number of aliphatic hydroxyl groups is 1. The van der Waals surface area contributed by atoms with Crippen LogP contribution in [0.25, 0.3) is 0 Å². The molecular formula is C13H17N3O3. The summed E-state index contributed by atoms with van der Waals surface area (Å²) < 4.78 is 0. The number of nitro groups is 1. The number of hydrogen-bond acceptors (Lipinski definition) is 5. The number of nitriles is 1. The fraction of sp³-hybridized carbons (Fsp3) is 0.462. The topological polar surface area (TPSA) is 99.2 Å². The van der Waals surface area contributed by atoms with Crippen LogP contribution in [-0.4, -0.2) is 22.7 Å². The zero-order valence-corrected chi connectivity index (χ0v) is 11.2. The van der Waals surface area contributed by atoms with Crippen molar-refractivity contribution in [2.75, 3.05) is 11.9 Å². The molecule has 0 aromatic heterocycles. The zero-order valence-electron chi connectivity index (χ0n) is 11.2. The second-order valence-electron chi connectivity index (χ2n) is 5.36. The summed E-state index contributed by atoms with van der Waals surface area (Å²) >= 11 is 0. The lowest BCUT2D eigenvalue weighted by Crippen LogP contribution is -2.32. The number of nitrogens with one attached hydrogen (secondary N) is 1. The maximum Gasteiger partial charge on any atom is 0.287 e. The maximum atomic E-state index is 10.7. The highest BCUT2D eigenvalue weighted by atomic mass is 16.6. The molecule has 0 saturated carbocycles. The third-order valence-electron chi connectivity index (χ3n) is 2.81. The van der Waals surface area contributed by atoms with Gasteiger partial charge < -0.3 is 10.4 Å². The van der Waals surface area contributed by atoms with E-state index >= 15 is 0 Å². The molecular weight excluding hydrogens is 246 g/mol. The Labute approximate surface area is 111 Å². The fourth-order valence-corrected chi connectivity index (χ4v) is 1.42. The highest BCUT2D eigenvalue weighted by Gasteiger charge is 2.22. The van der Waals surface area contributed by atoms with Crippen molar-refractivity contribution in [3.8, 4) is 6.07 Å². The zero-order chi connectivity index (χ0) is 14.6. The van der Waals surface area contributed by atoms with E-state index in [1.54, 1.807) is 6.07 Å². The summed E-state index contributed by atoms with van der Waals surface area (Å²) in [6.45, 7) is 6.05. The summed E-state index contributed by atoms with van der Waals surface area (Å²) in [4.78, 5) is 10.1. The first-order chi connectivity index (χ1) is 8.75. The standard InChI is InChI=1S/C13H17N3O3/c1-13(2,3)12(17)8-15-10-4-5-11(16(18)19)9(6-10)7-14/h4-6,12,15,17H,8H2,1-3H3/t12-/m1/s1. The lowest BCUT2D eigenvalue weighted by Gasteiger charge is -2.26. The van der Waals surface area contributed by atoms with Crippen LogP contribution in [0.4, 0.5) is 11.4 Å². The van der Waals surface area contributed by atoms with Crippen molar-refractivity contribution in [3.63, 3.8) is 0 Å². The van der Waals surface area contributed by atoms with Gasteiger partial charge in [-0.05, 0) is 17.5 Å². The van der Waals surface area contributed by atoms with E-state index in [2.05, 4.69) is 5.32 Å². The van der Waals surface area contributed by atoms with Gasteiger partial charge in [-0.2, -0.15) is 5.26 Å². The van der Waals surface area contributed by atoms with Crippen molar-refractivity contribution in [3.05, 3.63) is 33.9 Å². The van der Waals surface area contributed by atoms with E-state index in [9.17, 15) is 15.2 Å². The summed E-state index contributed by atoms with van der Waals surface area (Å²) in [5.74, 6) is 0. The monoisotopic (exact) mass is 263 g/mol. The molecule has 0 radical (unpaired) electrons. The number of aliphatic hydroxyl groups excluding tert-OH is 1. The van der Waals surface area contributed by atoms with Crippen molar-refractivity contribution in [2.24, 2.45) is 5.41 Å². The van der Waals surface area contributed by atoms with Gasteiger partial charge in [0.2, 0.25) is 0 Å². The van der Waals surface area contributed by atoms with Gasteiger partial charge in [-0.1, -0.05) is 20.8 Å². The quantitative estimate of drug-likeness (QED) is 0.641. The summed E-state index contributed by atoms with van der Waals surface area (Å²) in [6, 6.07) is 6.01. The van der Waals surface area contributed by atoms with Crippen LogP contribution in [-0.2, 0) is 0 Å². The van der Waals surface area contributed by atoms with Crippen molar-refractivity contribution in [1.82, 2.24) is 0 Å². The van der Waals surface area contributed by atoms with Crippen molar-refractivity contribution >= 4 is 11.4 Å². The predicted molar refractivity (Wildman–Crippen MR) is 71.8 cm³/mol. The van der Waals surface area contributed by atoms with Gasteiger partial charge in [-0.3, -0.25) is 10.1 Å². The van der Waals surface area contributed by atoms with Gasteiger partial charge in [0.05, 0.1) is 11.0 Å². The lowest BCUT2D eigenvalue weighted by atomic mass is 9.89. The molecule has 6 heteroatoms. The normalized spacial score (nSPS) is 12.6. The Morgan fingerprint density at radius 1 is 1.53 bits per heavy atom. The Kier molecular flexibility index (Phi) is 4.46. The molecule has 0 bridgehead atoms. The minimum absolute atomic E-state index is 0.000230. The second kappa shape index (κ2) is 5.67. The molecule has 1 atom stereocenters. The molecule has 1 rings (SSSR count). The van der Waals surface area contributed by atoms with E-state index in [1.807, 2.05) is 20.8 Å². The fourth-order valence-electron chi connectivity index (χ4n) is 1.42. The van der Waals surface area contributed by atoms with Gasteiger partial charge in [-0.25, -0.2) is 0 Å². The molecule has 0 unspecified atom stereocenters. The average Bonchev–Trinajstić information content (AvgIpc) is 2.33. The van der Waals surface area contributed by atoms with Gasteiger partial charge in [-0.15, -0.1) is 0 Å². The highest BCUT2D eigenvalue weighted by molar-refractivity contribution is 5.58. The third kappa shape index (κ3) is 3.93. The van der Waals surface area contributed by atoms with Crippen molar-refractivity contribution in [2.45, 2.75) is 26.9 Å². The van der Waals surface area contributed by atoms with Crippen LogP contribution in [0, 0.1) is 26.9 Å². The van der Waals surface area contributed by atoms with E-state index < -0.39 is 11.0 Å². The Hall–Kier alpha value is -2.13. The molecule has 102 valence electrons. The van der Waals surface area contributed by atoms with Crippen LogP contribution < -0.4 is 5.32 Å². The van der Waals surface area contributed by atoms with Crippen LogP contribution in [0.3, 0.4) is 0 Å². The second-order valence-corrected chi connectivity index (χ2v) is 5.36. The van der Waals surface area contributed by atoms with Gasteiger partial charge in [0.15, 0.2) is 0 Å². The number of hydrogen-bond donors (Lipinski definition) is 2. The largest absolute Gasteiger partial charge is 0.391 e. The summed E-state index contributed by atoms with van der Waals surface area (Å²) in [5.41, 5.74) is 0.0985. The number of rotatable bonds is 4. The minimum atomic E-state index is -0.591. The highest BCUT2D eigenvalue weighted by Crippen LogP contribution is 2.23. The molecule has 0 amide bonds. The Bertz CT molecular complexity index is 515. The van der Waals surface area contributed by atoms with Crippen LogP contribution in [0.5, 0.6) is 0 Å². The third-order valence-corrected chi connectivity index (χ3v) is 2.81. The molecule has 1 aromatic carbocycles. The summed E-state index contributed by atoms with van der Waals surface area (Å²) in [5, 5.41) is 32.4. The van der Waals surface area contributed by atoms with Crippen LogP contribution in [0.2, 0.25) is 0 Å². The molecule has 1 aromatic rings. The van der Waals surface area contributed by atoms with Crippen molar-refractivity contribution in [1.29, 1.82) is 5.26 Å². The molecule has 2 N–H and O–H groups in total. The van der Waals surface area contributed by atoms with Gasteiger partial charge >= 0.3 is 0 Å². The van der Waals surface area contributed by atoms with E-state index in [0.717, 1.165) is 0 Å². The molecule has 19 heavy (non-hydrogen) atoms. The SMILES string of the molecule is CC(C)(C)[C@H](O)CNc1ccc([N+](=O)[O-])c(C#N)c1. The van der Waals surface area contributed by atoms with Crippen LogP contribution in [0.1, 0.15) is 26.3 Å². The molecule has 0 aliphatic heterocycles. The smallest absolute Gasteiger partial charge is 0.287 e. The van der Waals surface area contributed by atoms with Gasteiger partial charge in [0, 0.05) is 18.3 Å². The summed E-state index contributed by atoms with van der Waals surface area (Å²) in [6.07, 6.45) is -0.562. The average molecular weight is 263 g/mol. The number of benzene rings is 1. The molecule has 0 saturated heterocycles. The first kappa shape index (κ1) is 14.9. The summed E-state index contributed by atoms with van der Waals surface area (Å²) in [7, 11) is 0. The van der Waals surface area contributed by atoms with Crippen molar-refractivity contribution < 1.29 is 10.0 Å². The maximum absolute atomic E-state index is 10.7. The Morgan fingerprint density at radius 2 is 2.16 bits per heavy atom. The number of nitro benzene ring substituents is 1. The van der Waals surface area contributed by atoms with Gasteiger partial charge in [0.25, 0.3) is 5.69 Å². The molecule has 6 nitrogen and oxygen atoms in total. The Balaban J connectivity index is 2.82. The predicted octanol–water partition coefficient (Wildman–Crippen LogP) is 2.29. The first-order valence-corrected chi connectivity index (χ1v) is 5.86. The Morgan fingerprint density at radius 3 is 2.63 bits per heavy atom. The lowest BCUT2D eigenvalue weighted by molar-refractivity contribution is -0.385. The minimum Gasteiger partial charge on any atom is -0.391 e. The van der Waals surface area contributed by atoms with Crippen LogP contribution >= 0.6 is 0 Å². The molecule has 0 spiro atoms. The number of nitrogens with zero attached hydrogens (tertiary/aromatic N) is 2. The van der Waals surface area contributed by atoms with Gasteiger partial charge in [0.1, 0.15) is 11.6 Å². The number of anilines is 1. The van der Waals surface area contributed by atoms with E-state index in [4.69, 9.17) is 5.26 Å². The van der Waals surface area contributed by atoms with E-state index in [-0.39, 0.29) is 16.7 Å². The molecule has 0 aliphatic rings. The van der Waals surface area contributed by atoms with E-state index in [1.165, 1.54) is 18.2 Å². The first-order valence-electron chi connectivity index (χ1n) is 5.86. The van der Waals surface area contributed by atoms with E-state index in [0.29, 0.717) is 12.2 Å². The molecule has 0 fully saturated rings. The molecule has 0 aliphatic carbocycles.